The van der Waals surface area contributed by atoms with Crippen LogP contribution in [0, 0.1) is 5.92 Å². The lowest BCUT2D eigenvalue weighted by atomic mass is 9.95. The van der Waals surface area contributed by atoms with Crippen molar-refractivity contribution in [3.05, 3.63) is 34.9 Å². The van der Waals surface area contributed by atoms with Gasteiger partial charge in [0.25, 0.3) is 0 Å². The Morgan fingerprint density at radius 2 is 1.93 bits per heavy atom. The number of nitrogens with two attached hydrogens (primary N) is 1. The van der Waals surface area contributed by atoms with Crippen LogP contribution in [-0.2, 0) is 6.42 Å². The fourth-order valence-electron chi connectivity index (χ4n) is 2.42. The van der Waals surface area contributed by atoms with Crippen molar-refractivity contribution in [2.45, 2.75) is 39.2 Å². The molecule has 0 heterocycles. The van der Waals surface area contributed by atoms with Gasteiger partial charge in [-0.2, -0.15) is 0 Å². The normalized spacial score (nSPS) is 30.4. The van der Waals surface area contributed by atoms with Crippen molar-refractivity contribution in [1.29, 1.82) is 0 Å². The third-order valence-corrected chi connectivity index (χ3v) is 3.76. The highest BCUT2D eigenvalue weighted by atomic mass is 14.7. The van der Waals surface area contributed by atoms with Crippen LogP contribution in [0.25, 0.3) is 0 Å². The van der Waals surface area contributed by atoms with Crippen molar-refractivity contribution >= 4 is 0 Å². The Kier molecular flexibility index (Phi) is 2.36. The Bertz CT molecular complexity index is 343. The van der Waals surface area contributed by atoms with Gasteiger partial charge >= 0.3 is 0 Å². The number of fused-ring (bicyclic) bond motifs is 1. The van der Waals surface area contributed by atoms with E-state index in [2.05, 4.69) is 39.0 Å². The zero-order chi connectivity index (χ0) is 10.3. The quantitative estimate of drug-likeness (QED) is 0.722. The molecule has 14 heavy (non-hydrogen) atoms. The summed E-state index contributed by atoms with van der Waals surface area (Å²) in [5, 5.41) is 0. The molecule has 1 aliphatic carbocycles. The molecule has 0 saturated carbocycles. The van der Waals surface area contributed by atoms with Crippen molar-refractivity contribution < 1.29 is 0 Å². The first-order valence-corrected chi connectivity index (χ1v) is 5.53. The summed E-state index contributed by atoms with van der Waals surface area (Å²) in [6.07, 6.45) is 1.10. The number of benzene rings is 1. The smallest absolute Gasteiger partial charge is 0.0329 e. The van der Waals surface area contributed by atoms with Crippen LogP contribution in [0.3, 0.4) is 0 Å². The number of hydrogen-bond donors (Lipinski definition) is 1. The van der Waals surface area contributed by atoms with Gasteiger partial charge < -0.3 is 5.73 Å². The highest BCUT2D eigenvalue weighted by Gasteiger charge is 2.32. The van der Waals surface area contributed by atoms with Crippen LogP contribution in [0.15, 0.2) is 18.2 Å². The van der Waals surface area contributed by atoms with E-state index < -0.39 is 0 Å². The Morgan fingerprint density at radius 1 is 1.21 bits per heavy atom. The third kappa shape index (κ3) is 1.27. The average Bonchev–Trinajstić information content (AvgIpc) is 2.44. The highest BCUT2D eigenvalue weighted by Crippen LogP contribution is 2.43. The van der Waals surface area contributed by atoms with Gasteiger partial charge in [-0.1, -0.05) is 39.0 Å². The van der Waals surface area contributed by atoms with E-state index in [9.17, 15) is 0 Å². The van der Waals surface area contributed by atoms with Crippen LogP contribution in [0.1, 0.15) is 49.4 Å². The summed E-state index contributed by atoms with van der Waals surface area (Å²) in [5.74, 6) is 1.20. The molecule has 0 amide bonds. The van der Waals surface area contributed by atoms with Crippen molar-refractivity contribution in [3.8, 4) is 0 Å². The van der Waals surface area contributed by atoms with Crippen LogP contribution < -0.4 is 5.73 Å². The van der Waals surface area contributed by atoms with Crippen LogP contribution in [0.2, 0.25) is 0 Å². The third-order valence-electron chi connectivity index (χ3n) is 3.76. The van der Waals surface area contributed by atoms with Crippen molar-refractivity contribution in [2.24, 2.45) is 11.7 Å². The first kappa shape index (κ1) is 9.72. The maximum Gasteiger partial charge on any atom is 0.0329 e. The lowest BCUT2D eigenvalue weighted by Crippen LogP contribution is -2.15. The molecule has 3 atom stereocenters. The minimum absolute atomic E-state index is 0.242. The topological polar surface area (TPSA) is 26.0 Å². The zero-order valence-electron chi connectivity index (χ0n) is 9.25. The minimum atomic E-state index is 0.242. The van der Waals surface area contributed by atoms with Gasteiger partial charge in [0, 0.05) is 6.04 Å². The summed E-state index contributed by atoms with van der Waals surface area (Å²) in [6, 6.07) is 7.04. The van der Waals surface area contributed by atoms with E-state index >= 15 is 0 Å². The van der Waals surface area contributed by atoms with Gasteiger partial charge in [-0.3, -0.25) is 0 Å². The number of rotatable bonds is 1. The zero-order valence-corrected chi connectivity index (χ0v) is 9.25. The Morgan fingerprint density at radius 3 is 2.57 bits per heavy atom. The molecule has 1 nitrogen and oxygen atoms in total. The van der Waals surface area contributed by atoms with E-state index in [-0.39, 0.29) is 6.04 Å². The molecule has 0 fully saturated rings. The minimum Gasteiger partial charge on any atom is -0.324 e. The maximum absolute atomic E-state index is 6.20. The molecule has 1 aromatic carbocycles. The predicted octanol–water partition coefficient (Wildman–Crippen LogP) is 3.00. The molecule has 0 spiro atoms. The largest absolute Gasteiger partial charge is 0.324 e. The second-order valence-corrected chi connectivity index (χ2v) is 4.49. The monoisotopic (exact) mass is 189 g/mol. The maximum atomic E-state index is 6.20. The predicted molar refractivity (Wildman–Crippen MR) is 60.3 cm³/mol. The molecular weight excluding hydrogens is 170 g/mol. The standard InChI is InChI=1S/C13H19N/c1-4-10-5-6-11-8(2)9(3)13(14)12(11)7-10/h5-9,13H,4,14H2,1-3H3. The van der Waals surface area contributed by atoms with Crippen molar-refractivity contribution in [1.82, 2.24) is 0 Å². The SMILES string of the molecule is CCc1ccc2c(c1)C(N)C(C)C2C. The molecule has 2 N–H and O–H groups in total. The Labute approximate surface area is 86.3 Å². The Hall–Kier alpha value is -0.820. The molecule has 3 unspecified atom stereocenters. The van der Waals surface area contributed by atoms with Gasteiger partial charge in [0.05, 0.1) is 0 Å². The molecular formula is C13H19N. The van der Waals surface area contributed by atoms with Crippen LogP contribution in [0.5, 0.6) is 0 Å². The van der Waals surface area contributed by atoms with Crippen LogP contribution in [0.4, 0.5) is 0 Å². The van der Waals surface area contributed by atoms with Gasteiger partial charge in [0.2, 0.25) is 0 Å². The molecule has 1 aromatic rings. The average molecular weight is 189 g/mol. The Balaban J connectivity index is 2.48. The van der Waals surface area contributed by atoms with E-state index in [0.717, 1.165) is 6.42 Å². The van der Waals surface area contributed by atoms with Gasteiger partial charge in [0.15, 0.2) is 0 Å². The second-order valence-electron chi connectivity index (χ2n) is 4.49. The summed E-state index contributed by atoms with van der Waals surface area (Å²) in [7, 11) is 0. The van der Waals surface area contributed by atoms with Crippen LogP contribution >= 0.6 is 0 Å². The first-order valence-electron chi connectivity index (χ1n) is 5.53. The van der Waals surface area contributed by atoms with Gasteiger partial charge in [-0.25, -0.2) is 0 Å². The fraction of sp³-hybridized carbons (Fsp3) is 0.538. The van der Waals surface area contributed by atoms with E-state index in [1.54, 1.807) is 0 Å². The lowest BCUT2D eigenvalue weighted by molar-refractivity contribution is 0.451. The molecule has 1 heteroatoms. The molecule has 0 saturated heterocycles. The lowest BCUT2D eigenvalue weighted by Gasteiger charge is -2.13. The van der Waals surface area contributed by atoms with E-state index in [0.29, 0.717) is 11.8 Å². The molecule has 0 bridgehead atoms. The van der Waals surface area contributed by atoms with E-state index in [4.69, 9.17) is 5.73 Å². The molecule has 0 aromatic heterocycles. The van der Waals surface area contributed by atoms with Crippen LogP contribution in [-0.4, -0.2) is 0 Å². The highest BCUT2D eigenvalue weighted by molar-refractivity contribution is 5.41. The number of aryl methyl sites for hydroxylation is 1. The van der Waals surface area contributed by atoms with E-state index in [1.807, 2.05) is 0 Å². The fourth-order valence-corrected chi connectivity index (χ4v) is 2.42. The molecule has 2 rings (SSSR count). The summed E-state index contributed by atoms with van der Waals surface area (Å²) >= 11 is 0. The first-order chi connectivity index (χ1) is 6.65. The van der Waals surface area contributed by atoms with Crippen molar-refractivity contribution in [2.75, 3.05) is 0 Å². The van der Waals surface area contributed by atoms with Gasteiger partial charge in [0.1, 0.15) is 0 Å². The van der Waals surface area contributed by atoms with Gasteiger partial charge in [-0.05, 0) is 34.9 Å². The molecule has 1 aliphatic rings. The summed E-state index contributed by atoms with van der Waals surface area (Å²) in [6.45, 7) is 6.72. The molecule has 76 valence electrons. The number of hydrogen-bond acceptors (Lipinski definition) is 1. The van der Waals surface area contributed by atoms with Gasteiger partial charge in [-0.15, -0.1) is 0 Å². The molecule has 0 radical (unpaired) electrons. The molecule has 0 aliphatic heterocycles. The summed E-state index contributed by atoms with van der Waals surface area (Å²) in [5.41, 5.74) is 10.4. The van der Waals surface area contributed by atoms with Crippen molar-refractivity contribution in [3.63, 3.8) is 0 Å². The summed E-state index contributed by atoms with van der Waals surface area (Å²) in [4.78, 5) is 0. The summed E-state index contributed by atoms with van der Waals surface area (Å²) < 4.78 is 0. The van der Waals surface area contributed by atoms with E-state index in [1.165, 1.54) is 16.7 Å². The second kappa shape index (κ2) is 3.39.